The first-order valence-electron chi connectivity index (χ1n) is 8.14. The molecule has 2 aromatic rings. The average molecular weight is 283 g/mol. The van der Waals surface area contributed by atoms with Crippen LogP contribution in [-0.4, -0.2) is 22.4 Å². The summed E-state index contributed by atoms with van der Waals surface area (Å²) in [5.74, 6) is 0.631. The number of benzene rings is 1. The van der Waals surface area contributed by atoms with Crippen molar-refractivity contribution in [3.63, 3.8) is 0 Å². The maximum atomic E-state index is 4.41. The highest BCUT2D eigenvalue weighted by atomic mass is 15.3. The first-order valence-corrected chi connectivity index (χ1v) is 8.14. The van der Waals surface area contributed by atoms with Crippen LogP contribution >= 0.6 is 0 Å². The van der Waals surface area contributed by atoms with Gasteiger partial charge in [0.1, 0.15) is 0 Å². The Hall–Kier alpha value is -1.61. The molecule has 0 aliphatic heterocycles. The van der Waals surface area contributed by atoms with Crippen LogP contribution in [-0.2, 0) is 19.4 Å². The maximum Gasteiger partial charge on any atom is 0.0522 e. The number of aromatic nitrogens is 2. The Balaban J connectivity index is 1.79. The highest BCUT2D eigenvalue weighted by Gasteiger charge is 2.29. The number of aryl methyl sites for hydroxylation is 2. The lowest BCUT2D eigenvalue weighted by Crippen LogP contribution is -2.36. The van der Waals surface area contributed by atoms with Crippen molar-refractivity contribution in [2.45, 2.75) is 51.6 Å². The molecule has 0 saturated heterocycles. The van der Waals surface area contributed by atoms with E-state index in [1.807, 2.05) is 10.9 Å². The number of hydrogen-bond donors (Lipinski definition) is 1. The first-order chi connectivity index (χ1) is 10.3. The minimum absolute atomic E-state index is 0.508. The normalized spacial score (nSPS) is 18.7. The van der Waals surface area contributed by atoms with E-state index in [2.05, 4.69) is 54.7 Å². The number of nitrogens with zero attached hydrogens (tertiary/aromatic N) is 2. The molecular weight excluding hydrogens is 258 g/mol. The van der Waals surface area contributed by atoms with Crippen LogP contribution in [0.3, 0.4) is 0 Å². The molecule has 2 atom stereocenters. The van der Waals surface area contributed by atoms with Gasteiger partial charge in [-0.05, 0) is 49.4 Å². The SMILES string of the molecule is CCNC(Cc1cnn(CC)c1)C1CCc2ccccc21. The molecule has 0 bridgehead atoms. The number of hydrogen-bond acceptors (Lipinski definition) is 2. The molecule has 1 aliphatic carbocycles. The highest BCUT2D eigenvalue weighted by molar-refractivity contribution is 5.36. The Morgan fingerprint density at radius 2 is 2.19 bits per heavy atom. The van der Waals surface area contributed by atoms with Gasteiger partial charge in [-0.25, -0.2) is 0 Å². The predicted octanol–water partition coefficient (Wildman–Crippen LogP) is 3.15. The summed E-state index contributed by atoms with van der Waals surface area (Å²) in [5, 5.41) is 8.11. The average Bonchev–Trinajstić information content (AvgIpc) is 3.13. The van der Waals surface area contributed by atoms with Gasteiger partial charge in [-0.1, -0.05) is 31.2 Å². The third-order valence-corrected chi connectivity index (χ3v) is 4.60. The number of fused-ring (bicyclic) bond motifs is 1. The number of nitrogens with one attached hydrogen (secondary N) is 1. The summed E-state index contributed by atoms with van der Waals surface area (Å²) in [4.78, 5) is 0. The lowest BCUT2D eigenvalue weighted by molar-refractivity contribution is 0.435. The third-order valence-electron chi connectivity index (χ3n) is 4.60. The van der Waals surface area contributed by atoms with Gasteiger partial charge < -0.3 is 5.32 Å². The van der Waals surface area contributed by atoms with Gasteiger partial charge >= 0.3 is 0 Å². The molecule has 1 aliphatic rings. The second-order valence-electron chi connectivity index (χ2n) is 5.92. The van der Waals surface area contributed by atoms with Crippen LogP contribution < -0.4 is 5.32 Å². The van der Waals surface area contributed by atoms with E-state index < -0.39 is 0 Å². The Kier molecular flexibility index (Phi) is 4.39. The minimum Gasteiger partial charge on any atom is -0.313 e. The molecule has 1 N–H and O–H groups in total. The molecule has 0 spiro atoms. The van der Waals surface area contributed by atoms with E-state index in [1.54, 1.807) is 5.56 Å². The van der Waals surface area contributed by atoms with Gasteiger partial charge in [0, 0.05) is 24.7 Å². The van der Waals surface area contributed by atoms with E-state index in [-0.39, 0.29) is 0 Å². The molecule has 1 aromatic heterocycles. The molecule has 0 radical (unpaired) electrons. The van der Waals surface area contributed by atoms with Gasteiger partial charge in [0.25, 0.3) is 0 Å². The summed E-state index contributed by atoms with van der Waals surface area (Å²) in [6, 6.07) is 9.44. The van der Waals surface area contributed by atoms with Crippen LogP contribution in [0.25, 0.3) is 0 Å². The van der Waals surface area contributed by atoms with Crippen molar-refractivity contribution in [1.82, 2.24) is 15.1 Å². The van der Waals surface area contributed by atoms with Crippen molar-refractivity contribution in [1.29, 1.82) is 0 Å². The summed E-state index contributed by atoms with van der Waals surface area (Å²) >= 11 is 0. The van der Waals surface area contributed by atoms with Gasteiger partial charge in [0.2, 0.25) is 0 Å². The topological polar surface area (TPSA) is 29.9 Å². The molecule has 0 fully saturated rings. The van der Waals surface area contributed by atoms with Crippen molar-refractivity contribution in [3.05, 3.63) is 53.3 Å². The molecule has 1 heterocycles. The summed E-state index contributed by atoms with van der Waals surface area (Å²) in [7, 11) is 0. The van der Waals surface area contributed by atoms with Gasteiger partial charge in [-0.15, -0.1) is 0 Å². The van der Waals surface area contributed by atoms with Crippen molar-refractivity contribution in [2.24, 2.45) is 0 Å². The fraction of sp³-hybridized carbons (Fsp3) is 0.500. The lowest BCUT2D eigenvalue weighted by Gasteiger charge is -2.25. The second-order valence-corrected chi connectivity index (χ2v) is 5.92. The summed E-state index contributed by atoms with van der Waals surface area (Å²) in [5.41, 5.74) is 4.42. The van der Waals surface area contributed by atoms with E-state index in [1.165, 1.54) is 24.0 Å². The molecule has 1 aromatic carbocycles. The zero-order chi connectivity index (χ0) is 14.7. The zero-order valence-corrected chi connectivity index (χ0v) is 13.0. The van der Waals surface area contributed by atoms with Crippen LogP contribution in [0.4, 0.5) is 0 Å². The van der Waals surface area contributed by atoms with Crippen LogP contribution in [0, 0.1) is 0 Å². The standard InChI is InChI=1S/C18H25N3/c1-3-19-18(11-14-12-20-21(4-2)13-14)17-10-9-15-7-5-6-8-16(15)17/h5-8,12-13,17-19H,3-4,9-11H2,1-2H3. The van der Waals surface area contributed by atoms with E-state index in [9.17, 15) is 0 Å². The van der Waals surface area contributed by atoms with E-state index >= 15 is 0 Å². The predicted molar refractivity (Wildman–Crippen MR) is 86.6 cm³/mol. The summed E-state index contributed by atoms with van der Waals surface area (Å²) in [6.07, 6.45) is 7.75. The van der Waals surface area contributed by atoms with Gasteiger partial charge in [0.05, 0.1) is 6.20 Å². The van der Waals surface area contributed by atoms with E-state index in [0.29, 0.717) is 12.0 Å². The molecule has 2 unspecified atom stereocenters. The van der Waals surface area contributed by atoms with Crippen molar-refractivity contribution in [3.8, 4) is 0 Å². The van der Waals surface area contributed by atoms with E-state index in [0.717, 1.165) is 19.5 Å². The minimum atomic E-state index is 0.508. The first kappa shape index (κ1) is 14.3. The molecule has 3 rings (SSSR count). The molecule has 0 saturated carbocycles. The van der Waals surface area contributed by atoms with Gasteiger partial charge in [-0.3, -0.25) is 4.68 Å². The van der Waals surface area contributed by atoms with Crippen LogP contribution in [0.1, 0.15) is 42.9 Å². The Morgan fingerprint density at radius 3 is 2.95 bits per heavy atom. The van der Waals surface area contributed by atoms with E-state index in [4.69, 9.17) is 0 Å². The summed E-state index contributed by atoms with van der Waals surface area (Å²) < 4.78 is 2.01. The lowest BCUT2D eigenvalue weighted by atomic mass is 9.89. The zero-order valence-electron chi connectivity index (χ0n) is 13.0. The van der Waals surface area contributed by atoms with Crippen LogP contribution in [0.2, 0.25) is 0 Å². The molecule has 21 heavy (non-hydrogen) atoms. The molecule has 0 amide bonds. The van der Waals surface area contributed by atoms with Gasteiger partial charge in [-0.2, -0.15) is 5.10 Å². The number of likely N-dealkylation sites (N-methyl/N-ethyl adjacent to an activating group) is 1. The largest absolute Gasteiger partial charge is 0.313 e. The number of rotatable bonds is 6. The Morgan fingerprint density at radius 1 is 1.33 bits per heavy atom. The highest BCUT2D eigenvalue weighted by Crippen LogP contribution is 2.36. The van der Waals surface area contributed by atoms with Crippen molar-refractivity contribution < 1.29 is 0 Å². The quantitative estimate of drug-likeness (QED) is 0.882. The fourth-order valence-electron chi connectivity index (χ4n) is 3.57. The fourth-order valence-corrected chi connectivity index (χ4v) is 3.57. The van der Waals surface area contributed by atoms with Crippen LogP contribution in [0.5, 0.6) is 0 Å². The summed E-state index contributed by atoms with van der Waals surface area (Å²) in [6.45, 7) is 6.29. The van der Waals surface area contributed by atoms with Gasteiger partial charge in [0.15, 0.2) is 0 Å². The van der Waals surface area contributed by atoms with Crippen molar-refractivity contribution in [2.75, 3.05) is 6.54 Å². The Bertz CT molecular complexity index is 588. The molecule has 3 heteroatoms. The Labute approximate surface area is 127 Å². The second kappa shape index (κ2) is 6.44. The molecule has 112 valence electrons. The molecule has 3 nitrogen and oxygen atoms in total. The third kappa shape index (κ3) is 3.03. The van der Waals surface area contributed by atoms with Crippen molar-refractivity contribution >= 4 is 0 Å². The maximum absolute atomic E-state index is 4.41. The smallest absolute Gasteiger partial charge is 0.0522 e. The molecular formula is C18H25N3. The van der Waals surface area contributed by atoms with Crippen LogP contribution in [0.15, 0.2) is 36.7 Å². The monoisotopic (exact) mass is 283 g/mol.